The summed E-state index contributed by atoms with van der Waals surface area (Å²) in [4.78, 5) is 11.8. The fraction of sp³-hybridized carbons (Fsp3) is 0.933. The lowest BCUT2D eigenvalue weighted by molar-refractivity contribution is -0.121. The Morgan fingerprint density at radius 1 is 1.11 bits per heavy atom. The number of amides is 1. The lowest BCUT2D eigenvalue weighted by atomic mass is 9.92. The molecule has 1 aliphatic carbocycles. The van der Waals surface area contributed by atoms with E-state index in [1.807, 2.05) is 0 Å². The second-order valence-corrected chi connectivity index (χ2v) is 6.74. The molecule has 0 bridgehead atoms. The van der Waals surface area contributed by atoms with Crippen molar-refractivity contribution in [2.75, 3.05) is 13.1 Å². The number of rotatable bonds is 5. The van der Waals surface area contributed by atoms with Crippen molar-refractivity contribution < 1.29 is 4.79 Å². The molecule has 3 nitrogen and oxygen atoms in total. The minimum absolute atomic E-state index is 0.163. The number of carbonyl (C=O) groups is 1. The first-order valence-electron chi connectivity index (χ1n) is 7.47. The molecule has 0 saturated heterocycles. The summed E-state index contributed by atoms with van der Waals surface area (Å²) in [6, 6.07) is 0.421. The van der Waals surface area contributed by atoms with Crippen LogP contribution in [0.3, 0.4) is 0 Å². The summed E-state index contributed by atoms with van der Waals surface area (Å²) in [5, 5.41) is 6.39. The first-order chi connectivity index (χ1) is 8.47. The third-order valence-electron chi connectivity index (χ3n) is 3.56. The highest BCUT2D eigenvalue weighted by Gasteiger charge is 2.14. The fourth-order valence-electron chi connectivity index (χ4n) is 2.37. The van der Waals surface area contributed by atoms with Gasteiger partial charge in [-0.05, 0) is 31.2 Å². The van der Waals surface area contributed by atoms with Gasteiger partial charge in [-0.15, -0.1) is 0 Å². The van der Waals surface area contributed by atoms with E-state index in [0.29, 0.717) is 18.0 Å². The summed E-state index contributed by atoms with van der Waals surface area (Å²) in [6.07, 6.45) is 8.61. The molecule has 0 radical (unpaired) electrons. The third-order valence-corrected chi connectivity index (χ3v) is 3.56. The number of hydrogen-bond acceptors (Lipinski definition) is 2. The molecule has 1 amide bonds. The predicted molar refractivity (Wildman–Crippen MR) is 76.6 cm³/mol. The molecule has 3 heteroatoms. The molecule has 1 rings (SSSR count). The van der Waals surface area contributed by atoms with E-state index in [-0.39, 0.29) is 5.91 Å². The molecular weight excluding hydrogens is 224 g/mol. The van der Waals surface area contributed by atoms with E-state index in [0.717, 1.165) is 25.8 Å². The van der Waals surface area contributed by atoms with Gasteiger partial charge >= 0.3 is 0 Å². The molecule has 0 aromatic heterocycles. The van der Waals surface area contributed by atoms with Crippen LogP contribution in [0.1, 0.15) is 65.7 Å². The molecule has 0 spiro atoms. The summed E-state index contributed by atoms with van der Waals surface area (Å²) in [6.45, 7) is 8.05. The Labute approximate surface area is 112 Å². The summed E-state index contributed by atoms with van der Waals surface area (Å²) >= 11 is 0. The van der Waals surface area contributed by atoms with Gasteiger partial charge in [0.25, 0.3) is 0 Å². The summed E-state index contributed by atoms with van der Waals surface area (Å²) in [7, 11) is 0. The molecule has 1 aliphatic rings. The van der Waals surface area contributed by atoms with Gasteiger partial charge in [-0.25, -0.2) is 0 Å². The van der Waals surface area contributed by atoms with Crippen LogP contribution in [0, 0.1) is 5.41 Å². The second-order valence-electron chi connectivity index (χ2n) is 6.74. The molecule has 0 unspecified atom stereocenters. The van der Waals surface area contributed by atoms with Gasteiger partial charge in [-0.1, -0.05) is 46.5 Å². The molecule has 1 fully saturated rings. The van der Waals surface area contributed by atoms with Crippen molar-refractivity contribution in [3.8, 4) is 0 Å². The van der Waals surface area contributed by atoms with Gasteiger partial charge in [0.2, 0.25) is 5.91 Å². The average Bonchev–Trinajstić information content (AvgIpc) is 2.52. The lowest BCUT2D eigenvalue weighted by Crippen LogP contribution is -2.40. The monoisotopic (exact) mass is 254 g/mol. The maximum Gasteiger partial charge on any atom is 0.234 e. The smallest absolute Gasteiger partial charge is 0.234 e. The Balaban J connectivity index is 2.09. The van der Waals surface area contributed by atoms with Crippen molar-refractivity contribution in [1.82, 2.24) is 10.6 Å². The number of nitrogens with one attached hydrogen (secondary N) is 2. The Kier molecular flexibility index (Phi) is 6.69. The minimum atomic E-state index is 0.163. The average molecular weight is 254 g/mol. The van der Waals surface area contributed by atoms with E-state index in [2.05, 4.69) is 31.4 Å². The molecule has 1 saturated carbocycles. The molecule has 0 aromatic rings. The molecule has 0 aliphatic heterocycles. The topological polar surface area (TPSA) is 41.1 Å². The predicted octanol–water partition coefficient (Wildman–Crippen LogP) is 2.85. The molecule has 18 heavy (non-hydrogen) atoms. The Bertz CT molecular complexity index is 237. The first-order valence-corrected chi connectivity index (χ1v) is 7.47. The van der Waals surface area contributed by atoms with Crippen molar-refractivity contribution in [3.05, 3.63) is 0 Å². The zero-order valence-electron chi connectivity index (χ0n) is 12.3. The highest BCUT2D eigenvalue weighted by atomic mass is 16.1. The van der Waals surface area contributed by atoms with E-state index in [4.69, 9.17) is 0 Å². The molecular formula is C15H30N2O. The van der Waals surface area contributed by atoms with Crippen LogP contribution in [0.5, 0.6) is 0 Å². The van der Waals surface area contributed by atoms with Gasteiger partial charge < -0.3 is 10.6 Å². The van der Waals surface area contributed by atoms with E-state index in [1.54, 1.807) is 0 Å². The Morgan fingerprint density at radius 3 is 2.28 bits per heavy atom. The SMILES string of the molecule is CC(C)(C)CCNCC(=O)NC1CCCCCC1. The maximum absolute atomic E-state index is 11.8. The Morgan fingerprint density at radius 2 is 1.72 bits per heavy atom. The van der Waals surface area contributed by atoms with Crippen LogP contribution in [-0.2, 0) is 4.79 Å². The van der Waals surface area contributed by atoms with Gasteiger partial charge in [0.15, 0.2) is 0 Å². The van der Waals surface area contributed by atoms with Gasteiger partial charge in [0, 0.05) is 6.04 Å². The molecule has 0 aromatic carbocycles. The van der Waals surface area contributed by atoms with Gasteiger partial charge in [-0.3, -0.25) is 4.79 Å². The largest absolute Gasteiger partial charge is 0.352 e. The van der Waals surface area contributed by atoms with Crippen LogP contribution in [0.15, 0.2) is 0 Å². The third kappa shape index (κ3) is 7.70. The van der Waals surface area contributed by atoms with Gasteiger partial charge in [-0.2, -0.15) is 0 Å². The molecule has 106 valence electrons. The summed E-state index contributed by atoms with van der Waals surface area (Å²) in [5.41, 5.74) is 0.338. The summed E-state index contributed by atoms with van der Waals surface area (Å²) in [5.74, 6) is 0.163. The van der Waals surface area contributed by atoms with Crippen LogP contribution in [0.2, 0.25) is 0 Å². The van der Waals surface area contributed by atoms with Crippen molar-refractivity contribution in [2.24, 2.45) is 5.41 Å². The van der Waals surface area contributed by atoms with E-state index < -0.39 is 0 Å². The zero-order chi connectivity index (χ0) is 13.4. The van der Waals surface area contributed by atoms with Crippen LogP contribution in [0.25, 0.3) is 0 Å². The van der Waals surface area contributed by atoms with E-state index in [9.17, 15) is 4.79 Å². The van der Waals surface area contributed by atoms with Crippen LogP contribution in [0.4, 0.5) is 0 Å². The van der Waals surface area contributed by atoms with Crippen molar-refractivity contribution in [2.45, 2.75) is 71.8 Å². The highest BCUT2D eigenvalue weighted by molar-refractivity contribution is 5.78. The van der Waals surface area contributed by atoms with Crippen LogP contribution in [-0.4, -0.2) is 25.0 Å². The highest BCUT2D eigenvalue weighted by Crippen LogP contribution is 2.17. The second kappa shape index (κ2) is 7.78. The van der Waals surface area contributed by atoms with Gasteiger partial charge in [0.1, 0.15) is 0 Å². The molecule has 2 N–H and O–H groups in total. The van der Waals surface area contributed by atoms with E-state index >= 15 is 0 Å². The zero-order valence-corrected chi connectivity index (χ0v) is 12.3. The Hall–Kier alpha value is -0.570. The quantitative estimate of drug-likeness (QED) is 0.585. The normalized spacial score (nSPS) is 18.4. The first kappa shape index (κ1) is 15.5. The van der Waals surface area contributed by atoms with Crippen LogP contribution < -0.4 is 10.6 Å². The van der Waals surface area contributed by atoms with Crippen molar-refractivity contribution >= 4 is 5.91 Å². The van der Waals surface area contributed by atoms with E-state index in [1.165, 1.54) is 25.7 Å². The van der Waals surface area contributed by atoms with Crippen molar-refractivity contribution in [3.63, 3.8) is 0 Å². The van der Waals surface area contributed by atoms with Gasteiger partial charge in [0.05, 0.1) is 6.54 Å². The molecule has 0 heterocycles. The molecule has 0 atom stereocenters. The summed E-state index contributed by atoms with van der Waals surface area (Å²) < 4.78 is 0. The fourth-order valence-corrected chi connectivity index (χ4v) is 2.37. The minimum Gasteiger partial charge on any atom is -0.352 e. The van der Waals surface area contributed by atoms with Crippen molar-refractivity contribution in [1.29, 1.82) is 0 Å². The van der Waals surface area contributed by atoms with Crippen LogP contribution >= 0.6 is 0 Å². The number of hydrogen-bond donors (Lipinski definition) is 2. The number of carbonyl (C=O) groups excluding carboxylic acids is 1. The lowest BCUT2D eigenvalue weighted by Gasteiger charge is -2.19. The standard InChI is InChI=1S/C15H30N2O/c1-15(2,3)10-11-16-12-14(18)17-13-8-6-4-5-7-9-13/h13,16H,4-12H2,1-3H3,(H,17,18). The maximum atomic E-state index is 11.8.